The van der Waals surface area contributed by atoms with Crippen molar-refractivity contribution in [2.75, 3.05) is 0 Å². The van der Waals surface area contributed by atoms with Gasteiger partial charge in [0, 0.05) is 5.41 Å². The summed E-state index contributed by atoms with van der Waals surface area (Å²) < 4.78 is 0. The number of rotatable bonds is 4. The van der Waals surface area contributed by atoms with Crippen molar-refractivity contribution in [2.45, 2.75) is 52.4 Å². The smallest absolute Gasteiger partial charge is 0.000936 e. The van der Waals surface area contributed by atoms with E-state index in [1.54, 1.807) is 0 Å². The highest BCUT2D eigenvalue weighted by Gasteiger charge is 2.34. The second kappa shape index (κ2) is 8.00. The van der Waals surface area contributed by atoms with Crippen molar-refractivity contribution in [3.05, 3.63) is 0 Å². The van der Waals surface area contributed by atoms with E-state index in [0.717, 1.165) is 5.92 Å². The maximum Gasteiger partial charge on any atom is 0.000936 e. The Balaban J connectivity index is 0.000000791. The summed E-state index contributed by atoms with van der Waals surface area (Å²) in [6.07, 6.45) is 8.14. The van der Waals surface area contributed by atoms with Crippen LogP contribution in [-0.4, -0.2) is 5.37 Å². The molecule has 1 aliphatic carbocycles. The molecule has 0 heterocycles. The molecule has 0 aromatic heterocycles. The Bertz CT molecular complexity index is 147. The molecule has 0 spiro atoms. The van der Waals surface area contributed by atoms with Crippen LogP contribution in [0.5, 0.6) is 0 Å². The van der Waals surface area contributed by atoms with Crippen LogP contribution in [-0.2, 0) is 0 Å². The molecule has 1 fully saturated rings. The Morgan fingerprint density at radius 3 is 1.93 bits per heavy atom. The molecule has 0 aromatic rings. The molecule has 0 N–H and O–H groups in total. The van der Waals surface area contributed by atoms with Gasteiger partial charge in [-0.15, -0.1) is 23.3 Å². The molecule has 0 nitrogen and oxygen atoms in total. The van der Waals surface area contributed by atoms with Crippen molar-refractivity contribution in [1.29, 1.82) is 0 Å². The molecule has 0 radical (unpaired) electrons. The topological polar surface area (TPSA) is 0 Å². The lowest BCUT2D eigenvalue weighted by Crippen LogP contribution is -2.28. The van der Waals surface area contributed by atoms with Crippen LogP contribution < -0.4 is 0 Å². The minimum Gasteiger partial charge on any atom is -0.115 e. The van der Waals surface area contributed by atoms with E-state index in [-0.39, 0.29) is 0 Å². The summed E-state index contributed by atoms with van der Waals surface area (Å²) in [5.74, 6) is 0.894. The predicted molar refractivity (Wildman–Crippen MR) is 76.6 cm³/mol. The third kappa shape index (κ3) is 3.42. The molecular formula is C11H22S3. The first-order valence-electron chi connectivity index (χ1n) is 5.45. The zero-order valence-corrected chi connectivity index (χ0v) is 11.8. The van der Waals surface area contributed by atoms with Crippen molar-refractivity contribution >= 4 is 40.9 Å². The van der Waals surface area contributed by atoms with Crippen LogP contribution >= 0.6 is 35.5 Å². The van der Waals surface area contributed by atoms with Crippen LogP contribution in [0.1, 0.15) is 52.4 Å². The molecule has 1 saturated carbocycles. The van der Waals surface area contributed by atoms with E-state index in [1.165, 1.54) is 38.5 Å². The Labute approximate surface area is 104 Å². The first-order chi connectivity index (χ1) is 6.79. The van der Waals surface area contributed by atoms with Crippen LogP contribution in [0.25, 0.3) is 0 Å². The largest absolute Gasteiger partial charge is 0.115 e. The Kier molecular flexibility index (Phi) is 8.45. The van der Waals surface area contributed by atoms with Gasteiger partial charge in [-0.25, -0.2) is 0 Å². The third-order valence-corrected chi connectivity index (χ3v) is 4.19. The molecule has 0 unspecified atom stereocenters. The second-order valence-corrected chi connectivity index (χ2v) is 4.28. The van der Waals surface area contributed by atoms with E-state index in [9.17, 15) is 0 Å². The van der Waals surface area contributed by atoms with Gasteiger partial charge in [0.2, 0.25) is 0 Å². The van der Waals surface area contributed by atoms with Crippen LogP contribution in [0.3, 0.4) is 0 Å². The van der Waals surface area contributed by atoms with E-state index in [0.29, 0.717) is 5.41 Å². The van der Waals surface area contributed by atoms with Crippen molar-refractivity contribution in [2.24, 2.45) is 11.3 Å². The third-order valence-electron chi connectivity index (χ3n) is 3.72. The minimum absolute atomic E-state index is 0.395. The number of thiol groups is 2. The van der Waals surface area contributed by atoms with Gasteiger partial charge in [0.05, 0.1) is 0 Å². The zero-order valence-electron chi connectivity index (χ0n) is 9.20. The molecule has 1 rings (SSSR count). The maximum atomic E-state index is 5.20. The van der Waals surface area contributed by atoms with Crippen molar-refractivity contribution in [3.63, 3.8) is 0 Å². The Morgan fingerprint density at radius 1 is 1.21 bits per heavy atom. The molecule has 14 heavy (non-hydrogen) atoms. The van der Waals surface area contributed by atoms with E-state index >= 15 is 0 Å². The summed E-state index contributed by atoms with van der Waals surface area (Å²) in [4.78, 5) is 0. The normalized spacial score (nSPS) is 17.4. The quantitative estimate of drug-likeness (QED) is 0.413. The van der Waals surface area contributed by atoms with Gasteiger partial charge < -0.3 is 0 Å². The second-order valence-electron chi connectivity index (χ2n) is 4.04. The molecular weight excluding hydrogens is 228 g/mol. The highest BCUT2D eigenvalue weighted by atomic mass is 33.1. The van der Waals surface area contributed by atoms with E-state index in [4.69, 9.17) is 12.2 Å². The van der Waals surface area contributed by atoms with E-state index < -0.39 is 0 Å². The van der Waals surface area contributed by atoms with Crippen molar-refractivity contribution < 1.29 is 0 Å². The van der Waals surface area contributed by atoms with Crippen LogP contribution in [0, 0.1) is 11.3 Å². The molecule has 0 saturated heterocycles. The standard InChI is InChI=1S/C11H20S.H2S2/c1-3-11(4-2,9-12)10-7-5-6-8-10;1-2/h9-10H,3-8H2,1-2H3;1-2H. The number of thiocarbonyl (C=S) groups is 1. The minimum atomic E-state index is 0.395. The van der Waals surface area contributed by atoms with Crippen LogP contribution in [0.4, 0.5) is 0 Å². The summed E-state index contributed by atoms with van der Waals surface area (Å²) in [5.41, 5.74) is 0.395. The lowest BCUT2D eigenvalue weighted by molar-refractivity contribution is 0.251. The molecule has 0 aromatic carbocycles. The Morgan fingerprint density at radius 2 is 1.64 bits per heavy atom. The summed E-state index contributed by atoms with van der Waals surface area (Å²) in [7, 11) is 0. The average molecular weight is 250 g/mol. The highest BCUT2D eigenvalue weighted by molar-refractivity contribution is 8.59. The Hall–Kier alpha value is 0.790. The molecule has 0 bridgehead atoms. The SMILES string of the molecule is CCC(C=S)(CC)C1CCCC1.SS. The fourth-order valence-corrected chi connectivity index (χ4v) is 3.12. The summed E-state index contributed by atoms with van der Waals surface area (Å²) in [6, 6.07) is 0. The van der Waals surface area contributed by atoms with Gasteiger partial charge in [0.1, 0.15) is 0 Å². The number of hydrogen-bond donors (Lipinski definition) is 2. The van der Waals surface area contributed by atoms with Gasteiger partial charge in [-0.3, -0.25) is 0 Å². The van der Waals surface area contributed by atoms with Gasteiger partial charge in [0.25, 0.3) is 0 Å². The first kappa shape index (κ1) is 14.8. The van der Waals surface area contributed by atoms with Gasteiger partial charge in [-0.2, -0.15) is 0 Å². The average Bonchev–Trinajstić information content (AvgIpc) is 2.79. The number of hydrogen-bond acceptors (Lipinski definition) is 3. The van der Waals surface area contributed by atoms with Crippen LogP contribution in [0.15, 0.2) is 0 Å². The molecule has 84 valence electrons. The summed E-state index contributed by atoms with van der Waals surface area (Å²) in [5, 5.41) is 2.06. The molecule has 0 atom stereocenters. The fraction of sp³-hybridized carbons (Fsp3) is 0.909. The van der Waals surface area contributed by atoms with Crippen molar-refractivity contribution in [3.8, 4) is 0 Å². The van der Waals surface area contributed by atoms with Crippen LogP contribution in [0.2, 0.25) is 0 Å². The van der Waals surface area contributed by atoms with Gasteiger partial charge >= 0.3 is 0 Å². The monoisotopic (exact) mass is 250 g/mol. The molecule has 3 heteroatoms. The zero-order chi connectivity index (χ0) is 11.0. The van der Waals surface area contributed by atoms with Gasteiger partial charge in [-0.05, 0) is 37.0 Å². The molecule has 0 amide bonds. The van der Waals surface area contributed by atoms with Gasteiger partial charge in [0.15, 0.2) is 0 Å². The summed E-state index contributed by atoms with van der Waals surface area (Å²) >= 11 is 11.6. The molecule has 0 aliphatic heterocycles. The lowest BCUT2D eigenvalue weighted by atomic mass is 9.72. The maximum absolute atomic E-state index is 5.20. The van der Waals surface area contributed by atoms with Crippen molar-refractivity contribution in [1.82, 2.24) is 0 Å². The summed E-state index contributed by atoms with van der Waals surface area (Å²) in [6.45, 7) is 4.56. The van der Waals surface area contributed by atoms with E-state index in [2.05, 4.69) is 42.5 Å². The lowest BCUT2D eigenvalue weighted by Gasteiger charge is -2.33. The van der Waals surface area contributed by atoms with Gasteiger partial charge in [-0.1, -0.05) is 38.9 Å². The molecule has 1 aliphatic rings. The van der Waals surface area contributed by atoms with E-state index in [1.807, 2.05) is 0 Å². The fourth-order valence-electron chi connectivity index (χ4n) is 2.59. The highest BCUT2D eigenvalue weighted by Crippen LogP contribution is 2.43. The predicted octanol–water partition coefficient (Wildman–Crippen LogP) is 4.74. The first-order valence-corrected chi connectivity index (χ1v) is 7.52.